The number of nitrogens with one attached hydrogen (secondary N) is 2. The van der Waals surface area contributed by atoms with Crippen LogP contribution in [0.5, 0.6) is 0 Å². The van der Waals surface area contributed by atoms with Gasteiger partial charge in [0.25, 0.3) is 0 Å². The van der Waals surface area contributed by atoms with Crippen molar-refractivity contribution >= 4 is 68.8 Å². The fourth-order valence-electron chi connectivity index (χ4n) is 2.06. The number of thiocarbonyl (C=S) groups is 1. The Bertz CT molecular complexity index is 768. The van der Waals surface area contributed by atoms with Crippen LogP contribution in [0.2, 0.25) is 10.0 Å². The van der Waals surface area contributed by atoms with Crippen LogP contribution in [0.1, 0.15) is 25.3 Å². The summed E-state index contributed by atoms with van der Waals surface area (Å²) in [6, 6.07) is 12.9. The molecule has 0 unspecified atom stereocenters. The maximum absolute atomic E-state index is 11.7. The molecule has 132 valence electrons. The molecule has 2 aromatic rings. The van der Waals surface area contributed by atoms with Crippen molar-refractivity contribution in [3.8, 4) is 0 Å². The zero-order valence-electron chi connectivity index (χ0n) is 13.6. The van der Waals surface area contributed by atoms with Gasteiger partial charge in [-0.05, 0) is 42.3 Å². The zero-order valence-corrected chi connectivity index (χ0v) is 16.8. The maximum atomic E-state index is 11.7. The lowest BCUT2D eigenvalue weighted by Crippen LogP contribution is -2.11. The molecular weight excluding hydrogens is 395 g/mol. The normalized spacial score (nSPS) is 10.4. The number of amides is 1. The molecule has 25 heavy (non-hydrogen) atoms. The van der Waals surface area contributed by atoms with E-state index in [9.17, 15) is 4.79 Å². The van der Waals surface area contributed by atoms with E-state index >= 15 is 0 Å². The molecule has 7 heteroatoms. The average molecular weight is 413 g/mol. The molecule has 0 radical (unpaired) electrons. The second-order valence-electron chi connectivity index (χ2n) is 5.32. The highest BCUT2D eigenvalue weighted by Crippen LogP contribution is 2.26. The molecule has 0 aliphatic rings. The summed E-state index contributed by atoms with van der Waals surface area (Å²) in [5.74, 6) is 0.656. The molecule has 0 bridgehead atoms. The molecule has 0 fully saturated rings. The highest BCUT2D eigenvalue weighted by Gasteiger charge is 2.06. The van der Waals surface area contributed by atoms with Crippen LogP contribution in [0.25, 0.3) is 0 Å². The third-order valence-corrected chi connectivity index (χ3v) is 5.11. The van der Waals surface area contributed by atoms with E-state index in [-0.39, 0.29) is 5.91 Å². The van der Waals surface area contributed by atoms with Crippen LogP contribution in [0.15, 0.2) is 42.5 Å². The molecule has 0 aromatic heterocycles. The van der Waals surface area contributed by atoms with Gasteiger partial charge in [-0.15, -0.1) is 0 Å². The summed E-state index contributed by atoms with van der Waals surface area (Å²) in [6.07, 6.45) is 1.32. The SMILES string of the molecule is CCCC(=O)Nc1cccc(NC(=S)SCc2ccc(Cl)cc2Cl)c1. The van der Waals surface area contributed by atoms with E-state index in [1.165, 1.54) is 11.8 Å². The third-order valence-electron chi connectivity index (χ3n) is 3.24. The predicted molar refractivity (Wildman–Crippen MR) is 114 cm³/mol. The van der Waals surface area contributed by atoms with Crippen LogP contribution in [-0.2, 0) is 10.5 Å². The minimum Gasteiger partial charge on any atom is -0.341 e. The Kier molecular flexibility index (Phi) is 8.03. The zero-order chi connectivity index (χ0) is 18.2. The molecule has 0 spiro atoms. The van der Waals surface area contributed by atoms with Gasteiger partial charge in [-0.25, -0.2) is 0 Å². The fourth-order valence-corrected chi connectivity index (χ4v) is 3.64. The van der Waals surface area contributed by atoms with Crippen molar-refractivity contribution in [1.29, 1.82) is 0 Å². The highest BCUT2D eigenvalue weighted by molar-refractivity contribution is 8.22. The Morgan fingerprint density at radius 3 is 2.52 bits per heavy atom. The van der Waals surface area contributed by atoms with Gasteiger partial charge in [0.2, 0.25) is 5.91 Å². The first kappa shape index (κ1) is 20.0. The topological polar surface area (TPSA) is 41.1 Å². The summed E-state index contributed by atoms with van der Waals surface area (Å²) in [5.41, 5.74) is 2.55. The van der Waals surface area contributed by atoms with Gasteiger partial charge < -0.3 is 10.6 Å². The number of anilines is 2. The maximum Gasteiger partial charge on any atom is 0.224 e. The van der Waals surface area contributed by atoms with Gasteiger partial charge in [0.1, 0.15) is 4.32 Å². The van der Waals surface area contributed by atoms with Gasteiger partial charge in [-0.1, -0.05) is 66.2 Å². The standard InChI is InChI=1S/C18H18Cl2N2OS2/c1-2-4-17(23)21-14-5-3-6-15(10-14)22-18(24)25-11-12-7-8-13(19)9-16(12)20/h3,5-10H,2,4,11H2,1H3,(H,21,23)(H,22,24). The predicted octanol–water partition coefficient (Wildman–Crippen LogP) is 6.36. The van der Waals surface area contributed by atoms with Crippen LogP contribution in [-0.4, -0.2) is 10.2 Å². The van der Waals surface area contributed by atoms with Gasteiger partial charge in [-0.3, -0.25) is 4.79 Å². The molecule has 2 N–H and O–H groups in total. The van der Waals surface area contributed by atoms with Gasteiger partial charge in [0.05, 0.1) is 0 Å². The summed E-state index contributed by atoms with van der Waals surface area (Å²) in [5, 5.41) is 7.27. The second kappa shape index (κ2) is 10.0. The van der Waals surface area contributed by atoms with E-state index in [1.54, 1.807) is 6.07 Å². The van der Waals surface area contributed by atoms with Crippen molar-refractivity contribution in [1.82, 2.24) is 0 Å². The highest BCUT2D eigenvalue weighted by atomic mass is 35.5. The number of carbonyl (C=O) groups excluding carboxylic acids is 1. The molecule has 2 rings (SSSR count). The van der Waals surface area contributed by atoms with E-state index in [0.29, 0.717) is 26.5 Å². The molecule has 0 saturated carbocycles. The number of carbonyl (C=O) groups is 1. The Balaban J connectivity index is 1.90. The fraction of sp³-hybridized carbons (Fsp3) is 0.222. The number of hydrogen-bond donors (Lipinski definition) is 2. The number of thioether (sulfide) groups is 1. The van der Waals surface area contributed by atoms with E-state index in [2.05, 4.69) is 10.6 Å². The summed E-state index contributed by atoms with van der Waals surface area (Å²) in [6.45, 7) is 1.97. The lowest BCUT2D eigenvalue weighted by atomic mass is 10.2. The van der Waals surface area contributed by atoms with Crippen molar-refractivity contribution in [2.75, 3.05) is 10.6 Å². The summed E-state index contributed by atoms with van der Waals surface area (Å²) < 4.78 is 0.628. The molecule has 0 aliphatic carbocycles. The second-order valence-corrected chi connectivity index (χ2v) is 7.81. The number of hydrogen-bond acceptors (Lipinski definition) is 3. The number of benzene rings is 2. The van der Waals surface area contributed by atoms with Crippen molar-refractivity contribution in [3.05, 3.63) is 58.1 Å². The van der Waals surface area contributed by atoms with E-state index < -0.39 is 0 Å². The van der Waals surface area contributed by atoms with Crippen LogP contribution in [0.3, 0.4) is 0 Å². The molecule has 2 aromatic carbocycles. The van der Waals surface area contributed by atoms with Crippen molar-refractivity contribution in [2.24, 2.45) is 0 Å². The van der Waals surface area contributed by atoms with Crippen molar-refractivity contribution in [2.45, 2.75) is 25.5 Å². The van der Waals surface area contributed by atoms with Gasteiger partial charge in [0.15, 0.2) is 0 Å². The minimum absolute atomic E-state index is 0.00832. The minimum atomic E-state index is 0.00832. The summed E-state index contributed by atoms with van der Waals surface area (Å²) in [7, 11) is 0. The molecule has 0 saturated heterocycles. The Labute approximate surface area is 167 Å². The lowest BCUT2D eigenvalue weighted by Gasteiger charge is -2.10. The lowest BCUT2D eigenvalue weighted by molar-refractivity contribution is -0.116. The monoisotopic (exact) mass is 412 g/mol. The Hall–Kier alpha value is -1.27. The molecule has 0 atom stereocenters. The van der Waals surface area contributed by atoms with Crippen LogP contribution >= 0.6 is 47.2 Å². The molecule has 1 amide bonds. The van der Waals surface area contributed by atoms with Crippen LogP contribution in [0, 0.1) is 0 Å². The van der Waals surface area contributed by atoms with Gasteiger partial charge in [-0.2, -0.15) is 0 Å². The quantitative estimate of drug-likeness (QED) is 0.541. The smallest absolute Gasteiger partial charge is 0.224 e. The van der Waals surface area contributed by atoms with Crippen molar-refractivity contribution < 1.29 is 4.79 Å². The average Bonchev–Trinajstić information content (AvgIpc) is 2.54. The third kappa shape index (κ3) is 6.86. The van der Waals surface area contributed by atoms with Gasteiger partial charge >= 0.3 is 0 Å². The first-order valence-electron chi connectivity index (χ1n) is 7.75. The summed E-state index contributed by atoms with van der Waals surface area (Å²) in [4.78, 5) is 11.7. The van der Waals surface area contributed by atoms with Crippen LogP contribution < -0.4 is 10.6 Å². The van der Waals surface area contributed by atoms with E-state index in [4.69, 9.17) is 35.4 Å². The number of rotatable bonds is 6. The summed E-state index contributed by atoms with van der Waals surface area (Å²) >= 11 is 18.9. The van der Waals surface area contributed by atoms with Crippen LogP contribution in [0.4, 0.5) is 11.4 Å². The van der Waals surface area contributed by atoms with Crippen molar-refractivity contribution in [3.63, 3.8) is 0 Å². The van der Waals surface area contributed by atoms with E-state index in [1.807, 2.05) is 43.3 Å². The molecule has 3 nitrogen and oxygen atoms in total. The Morgan fingerprint density at radius 1 is 1.12 bits per heavy atom. The molecule has 0 aliphatic heterocycles. The van der Waals surface area contributed by atoms with E-state index in [0.717, 1.165) is 23.4 Å². The molecule has 0 heterocycles. The Morgan fingerprint density at radius 2 is 1.84 bits per heavy atom. The number of halogens is 2. The largest absolute Gasteiger partial charge is 0.341 e. The first-order chi connectivity index (χ1) is 12.0. The first-order valence-corrected chi connectivity index (χ1v) is 9.90. The molecular formula is C18H18Cl2N2OS2. The van der Waals surface area contributed by atoms with Gasteiger partial charge in [0, 0.05) is 33.6 Å².